The fourth-order valence-electron chi connectivity index (χ4n) is 2.25. The standard InChI is InChI=1S/C15H11ClN2O4/c1-8-4-3-5-10-13(8)18(15(20)22-10)14(19)9-6-11(16)17-12(7-9)21-2/h3-7H,1-2H3. The van der Waals surface area contributed by atoms with Crippen molar-refractivity contribution in [3.05, 3.63) is 57.2 Å². The summed E-state index contributed by atoms with van der Waals surface area (Å²) in [5.41, 5.74) is 1.73. The lowest BCUT2D eigenvalue weighted by atomic mass is 10.2. The molecule has 22 heavy (non-hydrogen) atoms. The molecule has 7 heteroatoms. The molecule has 0 amide bonds. The van der Waals surface area contributed by atoms with E-state index in [0.717, 1.165) is 10.1 Å². The van der Waals surface area contributed by atoms with Gasteiger partial charge in [-0.25, -0.2) is 14.3 Å². The van der Waals surface area contributed by atoms with E-state index >= 15 is 0 Å². The van der Waals surface area contributed by atoms with Crippen molar-refractivity contribution in [2.75, 3.05) is 7.11 Å². The Labute approximate surface area is 129 Å². The van der Waals surface area contributed by atoms with Crippen molar-refractivity contribution in [1.29, 1.82) is 0 Å². The number of methoxy groups -OCH3 is 1. The van der Waals surface area contributed by atoms with Crippen LogP contribution < -0.4 is 10.5 Å². The highest BCUT2D eigenvalue weighted by molar-refractivity contribution is 6.29. The molecule has 0 aliphatic carbocycles. The van der Waals surface area contributed by atoms with Gasteiger partial charge in [-0.1, -0.05) is 23.7 Å². The largest absolute Gasteiger partial charge is 0.481 e. The highest BCUT2D eigenvalue weighted by Crippen LogP contribution is 2.21. The molecule has 1 aromatic carbocycles. The first-order valence-electron chi connectivity index (χ1n) is 6.38. The monoisotopic (exact) mass is 318 g/mol. The number of carbonyl (C=O) groups is 1. The summed E-state index contributed by atoms with van der Waals surface area (Å²) >= 11 is 5.87. The van der Waals surface area contributed by atoms with Crippen LogP contribution in [0, 0.1) is 6.92 Å². The van der Waals surface area contributed by atoms with Crippen molar-refractivity contribution >= 4 is 28.6 Å². The summed E-state index contributed by atoms with van der Waals surface area (Å²) in [6, 6.07) is 7.96. The summed E-state index contributed by atoms with van der Waals surface area (Å²) in [6.45, 7) is 1.79. The van der Waals surface area contributed by atoms with E-state index in [0.29, 0.717) is 11.1 Å². The molecule has 2 aromatic heterocycles. The summed E-state index contributed by atoms with van der Waals surface area (Å²) in [5, 5.41) is 0.0975. The Balaban J connectivity index is 2.24. The van der Waals surface area contributed by atoms with Crippen LogP contribution in [0.3, 0.4) is 0 Å². The Morgan fingerprint density at radius 2 is 2.14 bits per heavy atom. The minimum absolute atomic E-state index is 0.0975. The number of nitrogens with zero attached hydrogens (tertiary/aromatic N) is 2. The Morgan fingerprint density at radius 1 is 1.36 bits per heavy atom. The number of halogens is 1. The zero-order valence-electron chi connectivity index (χ0n) is 11.8. The summed E-state index contributed by atoms with van der Waals surface area (Å²) in [4.78, 5) is 28.6. The van der Waals surface area contributed by atoms with Crippen LogP contribution >= 0.6 is 11.6 Å². The maximum absolute atomic E-state index is 12.7. The van der Waals surface area contributed by atoms with E-state index in [9.17, 15) is 9.59 Å². The molecule has 0 unspecified atom stereocenters. The molecule has 0 saturated carbocycles. The maximum atomic E-state index is 12.7. The summed E-state index contributed by atoms with van der Waals surface area (Å²) < 4.78 is 11.1. The third kappa shape index (κ3) is 2.27. The van der Waals surface area contributed by atoms with Crippen LogP contribution in [0.5, 0.6) is 5.88 Å². The van der Waals surface area contributed by atoms with Gasteiger partial charge in [-0.3, -0.25) is 4.79 Å². The third-order valence-corrected chi connectivity index (χ3v) is 3.43. The molecule has 6 nitrogen and oxygen atoms in total. The second kappa shape index (κ2) is 5.31. The SMILES string of the molecule is COc1cc(C(=O)n2c(=O)oc3cccc(C)c32)cc(Cl)n1. The number of hydrogen-bond acceptors (Lipinski definition) is 5. The van der Waals surface area contributed by atoms with Gasteiger partial charge in [0.25, 0.3) is 5.91 Å². The van der Waals surface area contributed by atoms with E-state index in [4.69, 9.17) is 20.8 Å². The Morgan fingerprint density at radius 3 is 2.86 bits per heavy atom. The average molecular weight is 319 g/mol. The average Bonchev–Trinajstić information content (AvgIpc) is 2.83. The molecular formula is C15H11ClN2O4. The van der Waals surface area contributed by atoms with E-state index in [-0.39, 0.29) is 16.6 Å². The lowest BCUT2D eigenvalue weighted by molar-refractivity contribution is 0.0956. The zero-order valence-corrected chi connectivity index (χ0v) is 12.5. The zero-order chi connectivity index (χ0) is 15.9. The number of fused-ring (bicyclic) bond motifs is 1. The van der Waals surface area contributed by atoms with Crippen LogP contribution in [0.4, 0.5) is 0 Å². The molecule has 0 saturated heterocycles. The molecule has 0 N–H and O–H groups in total. The predicted octanol–water partition coefficient (Wildman–Crippen LogP) is 2.65. The number of ether oxygens (including phenoxy) is 1. The number of para-hydroxylation sites is 1. The smallest absolute Gasteiger partial charge is 0.427 e. The minimum atomic E-state index is -0.749. The number of aryl methyl sites for hydroxylation is 1. The number of benzene rings is 1. The van der Waals surface area contributed by atoms with Gasteiger partial charge in [-0.15, -0.1) is 0 Å². The second-order valence-corrected chi connectivity index (χ2v) is 5.04. The predicted molar refractivity (Wildman–Crippen MR) is 80.7 cm³/mol. The van der Waals surface area contributed by atoms with Gasteiger partial charge in [0.2, 0.25) is 5.88 Å². The molecule has 0 atom stereocenters. The molecule has 112 valence electrons. The van der Waals surface area contributed by atoms with Gasteiger partial charge in [0.1, 0.15) is 10.7 Å². The van der Waals surface area contributed by atoms with Crippen molar-refractivity contribution in [3.8, 4) is 5.88 Å². The highest BCUT2D eigenvalue weighted by Gasteiger charge is 2.20. The number of aromatic nitrogens is 2. The molecular weight excluding hydrogens is 308 g/mol. The minimum Gasteiger partial charge on any atom is -0.481 e. The molecule has 0 fully saturated rings. The quantitative estimate of drug-likeness (QED) is 0.679. The van der Waals surface area contributed by atoms with Crippen molar-refractivity contribution in [2.45, 2.75) is 6.92 Å². The number of pyridine rings is 1. The van der Waals surface area contributed by atoms with E-state index in [1.54, 1.807) is 25.1 Å². The van der Waals surface area contributed by atoms with Gasteiger partial charge in [-0.2, -0.15) is 0 Å². The summed E-state index contributed by atoms with van der Waals surface area (Å²) in [7, 11) is 1.41. The summed E-state index contributed by atoms with van der Waals surface area (Å²) in [5.74, 6) is -1.12. The normalized spacial score (nSPS) is 10.9. The molecule has 3 rings (SSSR count). The van der Waals surface area contributed by atoms with E-state index in [1.165, 1.54) is 19.2 Å². The van der Waals surface area contributed by atoms with Crippen molar-refractivity contribution in [1.82, 2.24) is 9.55 Å². The topological polar surface area (TPSA) is 74.3 Å². The van der Waals surface area contributed by atoms with Crippen LogP contribution in [0.15, 0.2) is 39.5 Å². The fraction of sp³-hybridized carbons (Fsp3) is 0.133. The van der Waals surface area contributed by atoms with Crippen LogP contribution in [-0.2, 0) is 0 Å². The fourth-order valence-corrected chi connectivity index (χ4v) is 2.45. The van der Waals surface area contributed by atoms with Crippen molar-refractivity contribution < 1.29 is 13.9 Å². The number of rotatable bonds is 2. The second-order valence-electron chi connectivity index (χ2n) is 4.65. The number of oxazole rings is 1. The first kappa shape index (κ1) is 14.3. The molecule has 0 spiro atoms. The first-order chi connectivity index (χ1) is 10.5. The Kier molecular flexibility index (Phi) is 3.46. The van der Waals surface area contributed by atoms with Gasteiger partial charge in [0.05, 0.1) is 7.11 Å². The molecule has 0 bridgehead atoms. The molecule has 2 heterocycles. The van der Waals surface area contributed by atoms with Crippen LogP contribution in [0.25, 0.3) is 11.1 Å². The van der Waals surface area contributed by atoms with E-state index < -0.39 is 11.7 Å². The lowest BCUT2D eigenvalue weighted by Crippen LogP contribution is -2.23. The Hall–Kier alpha value is -2.60. The van der Waals surface area contributed by atoms with Gasteiger partial charge >= 0.3 is 5.76 Å². The molecule has 0 aliphatic heterocycles. The van der Waals surface area contributed by atoms with Gasteiger partial charge in [0, 0.05) is 11.6 Å². The Bertz CT molecular complexity index is 942. The van der Waals surface area contributed by atoms with Crippen LogP contribution in [0.2, 0.25) is 5.15 Å². The van der Waals surface area contributed by atoms with Crippen LogP contribution in [-0.4, -0.2) is 22.6 Å². The van der Waals surface area contributed by atoms with Crippen molar-refractivity contribution in [2.24, 2.45) is 0 Å². The molecule has 0 radical (unpaired) electrons. The van der Waals surface area contributed by atoms with Gasteiger partial charge in [0.15, 0.2) is 5.58 Å². The third-order valence-electron chi connectivity index (χ3n) is 3.23. The number of hydrogen-bond donors (Lipinski definition) is 0. The van der Waals surface area contributed by atoms with Gasteiger partial charge in [-0.05, 0) is 24.6 Å². The summed E-state index contributed by atoms with van der Waals surface area (Å²) in [6.07, 6.45) is 0. The molecule has 3 aromatic rings. The van der Waals surface area contributed by atoms with Crippen LogP contribution in [0.1, 0.15) is 15.9 Å². The first-order valence-corrected chi connectivity index (χ1v) is 6.76. The van der Waals surface area contributed by atoms with Crippen molar-refractivity contribution in [3.63, 3.8) is 0 Å². The van der Waals surface area contributed by atoms with E-state index in [1.807, 2.05) is 0 Å². The van der Waals surface area contributed by atoms with E-state index in [2.05, 4.69) is 4.98 Å². The highest BCUT2D eigenvalue weighted by atomic mass is 35.5. The van der Waals surface area contributed by atoms with Gasteiger partial charge < -0.3 is 9.15 Å². The maximum Gasteiger partial charge on any atom is 0.427 e. The molecule has 0 aliphatic rings. The number of carbonyl (C=O) groups excluding carboxylic acids is 1. The lowest BCUT2D eigenvalue weighted by Gasteiger charge is -2.05.